The minimum Gasteiger partial charge on any atom is -0.334 e. The summed E-state index contributed by atoms with van der Waals surface area (Å²) in [6.07, 6.45) is 1.67. The number of likely N-dealkylation sites (tertiary alicyclic amines) is 1. The maximum Gasteiger partial charge on any atom is 0.254 e. The van der Waals surface area contributed by atoms with E-state index >= 15 is 0 Å². The number of hydrogen-bond donors (Lipinski definition) is 2. The Labute approximate surface area is 129 Å². The van der Waals surface area contributed by atoms with Crippen LogP contribution < -0.4 is 10.9 Å². The standard InChI is InChI=1S/C14H20FN3O3S/c1-9-4-5-18(11(6-9)8-16)14(19)10-2-3-13(12(15)7-10)22(17,20)21/h2-3,7,9,11H,4-6,8,16H2,1H3,(H2,17,20,21). The van der Waals surface area contributed by atoms with Crippen LogP contribution in [0.2, 0.25) is 0 Å². The highest BCUT2D eigenvalue weighted by atomic mass is 32.2. The number of sulfonamides is 1. The van der Waals surface area contributed by atoms with E-state index in [4.69, 9.17) is 10.9 Å². The van der Waals surface area contributed by atoms with Crippen LogP contribution in [-0.4, -0.2) is 38.4 Å². The number of amides is 1. The zero-order valence-corrected chi connectivity index (χ0v) is 13.1. The van der Waals surface area contributed by atoms with Crippen LogP contribution in [0.25, 0.3) is 0 Å². The second kappa shape index (κ2) is 6.31. The van der Waals surface area contributed by atoms with E-state index in [1.165, 1.54) is 6.07 Å². The van der Waals surface area contributed by atoms with Crippen molar-refractivity contribution in [1.29, 1.82) is 0 Å². The lowest BCUT2D eigenvalue weighted by Crippen LogP contribution is -2.49. The number of hydrogen-bond acceptors (Lipinski definition) is 4. The van der Waals surface area contributed by atoms with E-state index < -0.39 is 20.7 Å². The number of rotatable bonds is 3. The van der Waals surface area contributed by atoms with E-state index in [9.17, 15) is 17.6 Å². The number of nitrogens with zero attached hydrogens (tertiary/aromatic N) is 1. The SMILES string of the molecule is CC1CCN(C(=O)c2ccc(S(N)(=O)=O)c(F)c2)C(CN)C1. The maximum atomic E-state index is 13.9. The Morgan fingerprint density at radius 1 is 1.45 bits per heavy atom. The molecule has 0 spiro atoms. The first kappa shape index (κ1) is 16.9. The molecule has 0 saturated carbocycles. The number of halogens is 1. The van der Waals surface area contributed by atoms with Gasteiger partial charge in [-0.05, 0) is 37.0 Å². The second-order valence-corrected chi connectivity index (χ2v) is 7.24. The van der Waals surface area contributed by atoms with Gasteiger partial charge in [-0.1, -0.05) is 6.92 Å². The normalized spacial score (nSPS) is 22.6. The van der Waals surface area contributed by atoms with Gasteiger partial charge < -0.3 is 10.6 Å². The molecule has 1 heterocycles. The number of nitrogens with two attached hydrogens (primary N) is 2. The molecule has 0 bridgehead atoms. The predicted octanol–water partition coefficient (Wildman–Crippen LogP) is 0.672. The third-order valence-corrected chi connectivity index (χ3v) is 4.94. The predicted molar refractivity (Wildman–Crippen MR) is 80.1 cm³/mol. The van der Waals surface area contributed by atoms with Crippen LogP contribution in [0, 0.1) is 11.7 Å². The summed E-state index contributed by atoms with van der Waals surface area (Å²) in [5.41, 5.74) is 5.81. The number of piperidine rings is 1. The van der Waals surface area contributed by atoms with Crippen LogP contribution in [0.1, 0.15) is 30.1 Å². The minimum atomic E-state index is -4.14. The molecule has 4 N–H and O–H groups in total. The largest absolute Gasteiger partial charge is 0.334 e. The molecule has 2 rings (SSSR count). The minimum absolute atomic E-state index is 0.0859. The quantitative estimate of drug-likeness (QED) is 0.850. The molecule has 2 atom stereocenters. The zero-order chi connectivity index (χ0) is 16.5. The summed E-state index contributed by atoms with van der Waals surface area (Å²) in [5, 5.41) is 4.91. The van der Waals surface area contributed by atoms with E-state index in [1.807, 2.05) is 0 Å². The topological polar surface area (TPSA) is 106 Å². The molecule has 2 unspecified atom stereocenters. The third kappa shape index (κ3) is 3.45. The summed E-state index contributed by atoms with van der Waals surface area (Å²) in [7, 11) is -4.14. The van der Waals surface area contributed by atoms with Crippen molar-refractivity contribution in [2.24, 2.45) is 16.8 Å². The third-order valence-electron chi connectivity index (χ3n) is 4.00. The van der Waals surface area contributed by atoms with Crippen LogP contribution in [0.4, 0.5) is 4.39 Å². The smallest absolute Gasteiger partial charge is 0.254 e. The molecule has 1 aliphatic rings. The van der Waals surface area contributed by atoms with E-state index in [0.29, 0.717) is 19.0 Å². The fourth-order valence-electron chi connectivity index (χ4n) is 2.77. The van der Waals surface area contributed by atoms with Gasteiger partial charge in [0, 0.05) is 24.7 Å². The second-order valence-electron chi connectivity index (χ2n) is 5.71. The molecule has 1 saturated heterocycles. The van der Waals surface area contributed by atoms with Gasteiger partial charge in [0.25, 0.3) is 5.91 Å². The maximum absolute atomic E-state index is 13.9. The van der Waals surface area contributed by atoms with Gasteiger partial charge in [0.15, 0.2) is 0 Å². The Hall–Kier alpha value is -1.51. The summed E-state index contributed by atoms with van der Waals surface area (Å²) in [6, 6.07) is 3.11. The van der Waals surface area contributed by atoms with E-state index in [-0.39, 0.29) is 17.5 Å². The fraction of sp³-hybridized carbons (Fsp3) is 0.500. The van der Waals surface area contributed by atoms with Crippen LogP contribution in [-0.2, 0) is 10.0 Å². The molecule has 22 heavy (non-hydrogen) atoms. The van der Waals surface area contributed by atoms with Crippen molar-refractivity contribution in [2.45, 2.75) is 30.7 Å². The van der Waals surface area contributed by atoms with Gasteiger partial charge in [-0.2, -0.15) is 0 Å². The van der Waals surface area contributed by atoms with Gasteiger partial charge in [-0.25, -0.2) is 17.9 Å². The molecule has 1 aromatic rings. The Morgan fingerprint density at radius 2 is 2.14 bits per heavy atom. The molecule has 1 aromatic carbocycles. The molecule has 1 aliphatic heterocycles. The van der Waals surface area contributed by atoms with Crippen molar-refractivity contribution in [3.63, 3.8) is 0 Å². The molecule has 0 aliphatic carbocycles. The van der Waals surface area contributed by atoms with E-state index in [2.05, 4.69) is 6.92 Å². The van der Waals surface area contributed by atoms with Gasteiger partial charge in [0.2, 0.25) is 10.0 Å². The van der Waals surface area contributed by atoms with Gasteiger partial charge in [0.05, 0.1) is 0 Å². The number of carbonyl (C=O) groups is 1. The summed E-state index contributed by atoms with van der Waals surface area (Å²) in [4.78, 5) is 13.5. The number of benzene rings is 1. The Balaban J connectivity index is 2.28. The lowest BCUT2D eigenvalue weighted by atomic mass is 9.92. The summed E-state index contributed by atoms with van der Waals surface area (Å²) in [6.45, 7) is 3.00. The Morgan fingerprint density at radius 3 is 2.68 bits per heavy atom. The van der Waals surface area contributed by atoms with Crippen molar-refractivity contribution < 1.29 is 17.6 Å². The van der Waals surface area contributed by atoms with Crippen LogP contribution in [0.5, 0.6) is 0 Å². The summed E-state index contributed by atoms with van der Waals surface area (Å²) in [5.74, 6) is -0.885. The molecule has 1 amide bonds. The lowest BCUT2D eigenvalue weighted by Gasteiger charge is -2.38. The van der Waals surface area contributed by atoms with Crippen molar-refractivity contribution >= 4 is 15.9 Å². The molecule has 0 radical (unpaired) electrons. The Bertz CT molecular complexity index is 678. The molecule has 8 heteroatoms. The number of carbonyl (C=O) groups excluding carboxylic acids is 1. The molecule has 0 aromatic heterocycles. The first-order valence-electron chi connectivity index (χ1n) is 7.07. The summed E-state index contributed by atoms with van der Waals surface area (Å²) >= 11 is 0. The van der Waals surface area contributed by atoms with E-state index in [1.54, 1.807) is 4.90 Å². The summed E-state index contributed by atoms with van der Waals surface area (Å²) < 4.78 is 36.3. The number of primary sulfonamides is 1. The van der Waals surface area contributed by atoms with Crippen LogP contribution in [0.15, 0.2) is 23.1 Å². The van der Waals surface area contributed by atoms with Gasteiger partial charge >= 0.3 is 0 Å². The molecular formula is C14H20FN3O3S. The van der Waals surface area contributed by atoms with Crippen molar-refractivity contribution in [2.75, 3.05) is 13.1 Å². The molecule has 122 valence electrons. The monoisotopic (exact) mass is 329 g/mol. The van der Waals surface area contributed by atoms with Crippen LogP contribution in [0.3, 0.4) is 0 Å². The molecular weight excluding hydrogens is 309 g/mol. The molecule has 1 fully saturated rings. The first-order valence-corrected chi connectivity index (χ1v) is 8.62. The zero-order valence-electron chi connectivity index (χ0n) is 12.3. The Kier molecular flexibility index (Phi) is 4.84. The lowest BCUT2D eigenvalue weighted by molar-refractivity contribution is 0.0573. The highest BCUT2D eigenvalue weighted by molar-refractivity contribution is 7.89. The van der Waals surface area contributed by atoms with Crippen molar-refractivity contribution in [3.8, 4) is 0 Å². The average molecular weight is 329 g/mol. The highest BCUT2D eigenvalue weighted by Gasteiger charge is 2.30. The van der Waals surface area contributed by atoms with Crippen molar-refractivity contribution in [3.05, 3.63) is 29.6 Å². The van der Waals surface area contributed by atoms with Crippen LogP contribution >= 0.6 is 0 Å². The average Bonchev–Trinajstić information content (AvgIpc) is 2.44. The van der Waals surface area contributed by atoms with E-state index in [0.717, 1.165) is 25.0 Å². The van der Waals surface area contributed by atoms with Gasteiger partial charge in [-0.3, -0.25) is 4.79 Å². The highest BCUT2D eigenvalue weighted by Crippen LogP contribution is 2.24. The first-order chi connectivity index (χ1) is 10.2. The van der Waals surface area contributed by atoms with Gasteiger partial charge in [-0.15, -0.1) is 0 Å². The van der Waals surface area contributed by atoms with Crippen molar-refractivity contribution in [1.82, 2.24) is 4.90 Å². The fourth-order valence-corrected chi connectivity index (χ4v) is 3.36. The van der Waals surface area contributed by atoms with Gasteiger partial charge in [0.1, 0.15) is 10.7 Å². The molecule has 6 nitrogen and oxygen atoms in total.